The third-order valence-electron chi connectivity index (χ3n) is 3.05. The van der Waals surface area contributed by atoms with Crippen molar-refractivity contribution in [2.45, 2.75) is 37.6 Å². The third-order valence-corrected chi connectivity index (χ3v) is 3.05. The fraction of sp³-hybridized carbons (Fsp3) is 0.538. The van der Waals surface area contributed by atoms with Crippen LogP contribution in [-0.2, 0) is 10.1 Å². The molecule has 0 aromatic heterocycles. The van der Waals surface area contributed by atoms with Crippen LogP contribution in [0.2, 0.25) is 0 Å². The van der Waals surface area contributed by atoms with Crippen LogP contribution in [0.25, 0.3) is 0 Å². The summed E-state index contributed by atoms with van der Waals surface area (Å²) in [5.74, 6) is 0.606. The first-order valence-corrected chi connectivity index (χ1v) is 7.95. The van der Waals surface area contributed by atoms with Crippen LogP contribution >= 0.6 is 0 Å². The summed E-state index contributed by atoms with van der Waals surface area (Å²) in [5.41, 5.74) is 7.54. The summed E-state index contributed by atoms with van der Waals surface area (Å²) in [7, 11) is -3.67. The Labute approximate surface area is 109 Å². The molecule has 2 rings (SSSR count). The van der Waals surface area contributed by atoms with Crippen molar-refractivity contribution in [3.05, 3.63) is 35.9 Å². The Morgan fingerprint density at radius 3 is 2.17 bits per heavy atom. The minimum Gasteiger partial charge on any atom is -0.327 e. The average molecular weight is 271 g/mol. The monoisotopic (exact) mass is 271 g/mol. The first-order chi connectivity index (χ1) is 8.38. The molecule has 0 heterocycles. The van der Waals surface area contributed by atoms with E-state index >= 15 is 0 Å². The normalized spacial score (nSPS) is 23.9. The van der Waals surface area contributed by atoms with Gasteiger partial charge in [0.2, 0.25) is 0 Å². The number of hydrogen-bond acceptors (Lipinski definition) is 3. The summed E-state index contributed by atoms with van der Waals surface area (Å²) in [6.45, 7) is 0. The molecule has 0 radical (unpaired) electrons. The molecule has 0 amide bonds. The zero-order valence-corrected chi connectivity index (χ0v) is 11.4. The fourth-order valence-corrected chi connectivity index (χ4v) is 2.27. The maximum Gasteiger partial charge on any atom is 0.261 e. The van der Waals surface area contributed by atoms with Crippen LogP contribution in [-0.4, -0.2) is 25.3 Å². The molecule has 1 aromatic carbocycles. The molecule has 1 aromatic rings. The summed E-state index contributed by atoms with van der Waals surface area (Å²) in [6, 6.07) is 11.1. The summed E-state index contributed by atoms with van der Waals surface area (Å²) >= 11 is 0. The van der Waals surface area contributed by atoms with E-state index in [4.69, 9.17) is 10.3 Å². The van der Waals surface area contributed by atoms with E-state index in [0.717, 1.165) is 0 Å². The van der Waals surface area contributed by atoms with Crippen LogP contribution in [0, 0.1) is 0 Å². The van der Waals surface area contributed by atoms with Crippen molar-refractivity contribution in [1.82, 2.24) is 0 Å². The Morgan fingerprint density at radius 2 is 1.67 bits per heavy atom. The van der Waals surface area contributed by atoms with Crippen LogP contribution in [0.15, 0.2) is 30.3 Å². The van der Waals surface area contributed by atoms with Crippen LogP contribution in [0.3, 0.4) is 0 Å². The van der Waals surface area contributed by atoms with Crippen LogP contribution < -0.4 is 5.73 Å². The molecule has 102 valence electrons. The molecule has 0 unspecified atom stereocenters. The molecule has 18 heavy (non-hydrogen) atoms. The van der Waals surface area contributed by atoms with E-state index in [1.54, 1.807) is 0 Å². The minimum absolute atomic E-state index is 0.385. The summed E-state index contributed by atoms with van der Waals surface area (Å²) in [5, 5.41) is 0. The molecule has 5 heteroatoms. The van der Waals surface area contributed by atoms with Gasteiger partial charge in [-0.2, -0.15) is 8.42 Å². The van der Waals surface area contributed by atoms with Gasteiger partial charge in [-0.3, -0.25) is 4.55 Å². The van der Waals surface area contributed by atoms with Gasteiger partial charge in [-0.15, -0.1) is 0 Å². The van der Waals surface area contributed by atoms with Crippen molar-refractivity contribution >= 4 is 10.1 Å². The van der Waals surface area contributed by atoms with E-state index in [2.05, 4.69) is 30.3 Å². The molecule has 2 atom stereocenters. The second kappa shape index (κ2) is 6.87. The molecule has 0 bridgehead atoms. The predicted molar refractivity (Wildman–Crippen MR) is 73.1 cm³/mol. The first-order valence-electron chi connectivity index (χ1n) is 6.11. The highest BCUT2D eigenvalue weighted by Crippen LogP contribution is 2.31. The highest BCUT2D eigenvalue weighted by molar-refractivity contribution is 7.85. The van der Waals surface area contributed by atoms with Gasteiger partial charge in [0.15, 0.2) is 0 Å². The lowest BCUT2D eigenvalue weighted by atomic mass is 9.80. The van der Waals surface area contributed by atoms with Crippen molar-refractivity contribution in [3.63, 3.8) is 0 Å². The topological polar surface area (TPSA) is 80.4 Å². The predicted octanol–water partition coefficient (Wildman–Crippen LogP) is 2.18. The average Bonchev–Trinajstić information content (AvgIpc) is 2.29. The van der Waals surface area contributed by atoms with Gasteiger partial charge in [0, 0.05) is 6.04 Å². The lowest BCUT2D eigenvalue weighted by Crippen LogP contribution is -2.31. The highest BCUT2D eigenvalue weighted by atomic mass is 32.2. The quantitative estimate of drug-likeness (QED) is 0.767. The van der Waals surface area contributed by atoms with E-state index in [0.29, 0.717) is 18.2 Å². The molecular formula is C13H21NO3S. The largest absolute Gasteiger partial charge is 0.327 e. The molecule has 1 aliphatic rings. The SMILES string of the molecule is CS(=O)(=O)O.N[C@@H]1CCCC[C@@H]1c1ccccc1. The zero-order chi connectivity index (χ0) is 13.6. The van der Waals surface area contributed by atoms with Gasteiger partial charge in [-0.25, -0.2) is 0 Å². The van der Waals surface area contributed by atoms with Gasteiger partial charge in [0.1, 0.15) is 0 Å². The Morgan fingerprint density at radius 1 is 1.17 bits per heavy atom. The lowest BCUT2D eigenvalue weighted by Gasteiger charge is -2.28. The second-order valence-corrected chi connectivity index (χ2v) is 6.16. The van der Waals surface area contributed by atoms with Crippen molar-refractivity contribution in [2.24, 2.45) is 5.73 Å². The molecule has 4 nitrogen and oxygen atoms in total. The third kappa shape index (κ3) is 6.14. The highest BCUT2D eigenvalue weighted by Gasteiger charge is 2.22. The summed E-state index contributed by atoms with van der Waals surface area (Å²) < 4.78 is 25.9. The molecule has 0 spiro atoms. The maximum atomic E-state index is 9.19. The van der Waals surface area contributed by atoms with Gasteiger partial charge < -0.3 is 5.73 Å². The lowest BCUT2D eigenvalue weighted by molar-refractivity contribution is 0.385. The first kappa shape index (κ1) is 15.1. The van der Waals surface area contributed by atoms with Crippen LogP contribution in [0.5, 0.6) is 0 Å². The molecule has 3 N–H and O–H groups in total. The molecule has 1 saturated carbocycles. The molecule has 1 fully saturated rings. The Balaban J connectivity index is 0.000000280. The van der Waals surface area contributed by atoms with E-state index in [1.165, 1.54) is 31.2 Å². The van der Waals surface area contributed by atoms with Gasteiger partial charge in [-0.1, -0.05) is 43.2 Å². The van der Waals surface area contributed by atoms with Crippen molar-refractivity contribution in [1.29, 1.82) is 0 Å². The summed E-state index contributed by atoms with van der Waals surface area (Å²) in [4.78, 5) is 0. The Bertz CT molecular complexity index is 437. The fourth-order valence-electron chi connectivity index (χ4n) is 2.27. The van der Waals surface area contributed by atoms with Gasteiger partial charge >= 0.3 is 0 Å². The minimum atomic E-state index is -3.67. The smallest absolute Gasteiger partial charge is 0.261 e. The number of nitrogens with two attached hydrogens (primary N) is 1. The van der Waals surface area contributed by atoms with E-state index in [9.17, 15) is 8.42 Å². The molecule has 0 aliphatic heterocycles. The van der Waals surface area contributed by atoms with Crippen LogP contribution in [0.1, 0.15) is 37.2 Å². The van der Waals surface area contributed by atoms with E-state index < -0.39 is 10.1 Å². The van der Waals surface area contributed by atoms with Crippen LogP contribution in [0.4, 0.5) is 0 Å². The molecular weight excluding hydrogens is 250 g/mol. The standard InChI is InChI=1S/C12H17N.CH4O3S/c13-12-9-5-4-8-11(12)10-6-2-1-3-7-10;1-5(2,3)4/h1-3,6-7,11-12H,4-5,8-9,13H2;1H3,(H,2,3,4)/t11-,12-;/m1./s1. The second-order valence-electron chi connectivity index (χ2n) is 4.70. The number of hydrogen-bond donors (Lipinski definition) is 2. The summed E-state index contributed by atoms with van der Waals surface area (Å²) in [6.07, 6.45) is 5.83. The Hall–Kier alpha value is -0.910. The van der Waals surface area contributed by atoms with Gasteiger partial charge in [0.25, 0.3) is 10.1 Å². The molecule has 0 saturated heterocycles. The van der Waals surface area contributed by atoms with Crippen molar-refractivity contribution in [2.75, 3.05) is 6.26 Å². The maximum absolute atomic E-state index is 9.19. The van der Waals surface area contributed by atoms with Crippen molar-refractivity contribution < 1.29 is 13.0 Å². The molecule has 1 aliphatic carbocycles. The van der Waals surface area contributed by atoms with Crippen molar-refractivity contribution in [3.8, 4) is 0 Å². The number of benzene rings is 1. The van der Waals surface area contributed by atoms with Gasteiger partial charge in [-0.05, 0) is 24.3 Å². The van der Waals surface area contributed by atoms with Gasteiger partial charge in [0.05, 0.1) is 6.26 Å². The zero-order valence-electron chi connectivity index (χ0n) is 10.6. The Kier molecular flexibility index (Phi) is 5.78. The van der Waals surface area contributed by atoms with E-state index in [1.807, 2.05) is 0 Å². The van der Waals surface area contributed by atoms with E-state index in [-0.39, 0.29) is 0 Å². The number of rotatable bonds is 1.